The molecule has 2 aliphatic rings. The van der Waals surface area contributed by atoms with Gasteiger partial charge in [-0.3, -0.25) is 19.5 Å². The fourth-order valence-electron chi connectivity index (χ4n) is 5.58. The van der Waals surface area contributed by atoms with Crippen LogP contribution in [0.25, 0.3) is 10.9 Å². The smallest absolute Gasteiger partial charge is 0.314 e. The van der Waals surface area contributed by atoms with Crippen LogP contribution >= 0.6 is 0 Å². The number of carbonyl (C=O) groups excluding carboxylic acids is 2. The number of anilines is 1. The molecule has 1 unspecified atom stereocenters. The number of benzene rings is 1. The summed E-state index contributed by atoms with van der Waals surface area (Å²) in [5.41, 5.74) is 2.32. The lowest BCUT2D eigenvalue weighted by atomic mass is 9.92. The number of rotatable bonds is 4. The van der Waals surface area contributed by atoms with Gasteiger partial charge in [0.15, 0.2) is 6.23 Å². The molecule has 0 radical (unpaired) electrons. The number of fused-ring (bicyclic) bond motifs is 1. The van der Waals surface area contributed by atoms with E-state index < -0.39 is 11.8 Å². The first-order chi connectivity index (χ1) is 18.2. The van der Waals surface area contributed by atoms with E-state index in [-0.39, 0.29) is 23.7 Å². The van der Waals surface area contributed by atoms with Crippen molar-refractivity contribution >= 4 is 28.4 Å². The van der Waals surface area contributed by atoms with Gasteiger partial charge in [0, 0.05) is 43.9 Å². The molecule has 0 bridgehead atoms. The average molecular weight is 519 g/mol. The summed E-state index contributed by atoms with van der Waals surface area (Å²) in [6.07, 6.45) is 7.74. The van der Waals surface area contributed by atoms with Crippen LogP contribution in [0.4, 0.5) is 5.69 Å². The van der Waals surface area contributed by atoms with E-state index in [4.69, 9.17) is 4.74 Å². The Hall–Kier alpha value is -3.30. The highest BCUT2D eigenvalue weighted by Gasteiger charge is 2.39. The summed E-state index contributed by atoms with van der Waals surface area (Å²) in [6, 6.07) is 9.89. The van der Waals surface area contributed by atoms with Gasteiger partial charge in [-0.05, 0) is 37.2 Å². The van der Waals surface area contributed by atoms with Gasteiger partial charge in [-0.1, -0.05) is 51.1 Å². The maximum atomic E-state index is 13.7. The topological polar surface area (TPSA) is 92.6 Å². The Bertz CT molecular complexity index is 1280. The van der Waals surface area contributed by atoms with Crippen molar-refractivity contribution in [3.05, 3.63) is 54.5 Å². The van der Waals surface area contributed by atoms with Gasteiger partial charge < -0.3 is 15.0 Å². The van der Waals surface area contributed by atoms with Crippen LogP contribution in [-0.4, -0.2) is 68.7 Å². The number of amides is 2. The van der Waals surface area contributed by atoms with Crippen LogP contribution in [0, 0.1) is 5.41 Å². The maximum Gasteiger partial charge on any atom is 0.314 e. The molecule has 4 heterocycles. The van der Waals surface area contributed by atoms with Gasteiger partial charge in [0.25, 0.3) is 0 Å². The van der Waals surface area contributed by atoms with E-state index in [9.17, 15) is 9.59 Å². The number of piperazine rings is 1. The van der Waals surface area contributed by atoms with Crippen LogP contribution in [-0.2, 0) is 14.3 Å². The minimum Gasteiger partial charge on any atom is -0.356 e. The molecule has 9 heteroatoms. The minimum atomic E-state index is -0.672. The van der Waals surface area contributed by atoms with Crippen LogP contribution in [0.2, 0.25) is 0 Å². The van der Waals surface area contributed by atoms with E-state index in [0.717, 1.165) is 42.3 Å². The largest absolute Gasteiger partial charge is 0.356 e. The molecule has 2 fully saturated rings. The molecule has 3 atom stereocenters. The zero-order valence-electron chi connectivity index (χ0n) is 22.8. The highest BCUT2D eigenvalue weighted by atomic mass is 16.5. The van der Waals surface area contributed by atoms with Crippen LogP contribution in [0.3, 0.4) is 0 Å². The first kappa shape index (κ1) is 26.3. The molecule has 38 heavy (non-hydrogen) atoms. The van der Waals surface area contributed by atoms with Crippen molar-refractivity contribution in [1.82, 2.24) is 24.6 Å². The van der Waals surface area contributed by atoms with Crippen molar-refractivity contribution in [3.8, 4) is 0 Å². The molecule has 9 nitrogen and oxygen atoms in total. The van der Waals surface area contributed by atoms with Gasteiger partial charge >= 0.3 is 11.8 Å². The summed E-state index contributed by atoms with van der Waals surface area (Å²) >= 11 is 0. The van der Waals surface area contributed by atoms with E-state index in [1.807, 2.05) is 30.3 Å². The summed E-state index contributed by atoms with van der Waals surface area (Å²) in [5.74, 6) is -1.22. The second-order valence-electron chi connectivity index (χ2n) is 11.7. The molecule has 202 valence electrons. The van der Waals surface area contributed by atoms with Crippen molar-refractivity contribution in [2.75, 3.05) is 31.6 Å². The Morgan fingerprint density at radius 3 is 2.58 bits per heavy atom. The lowest BCUT2D eigenvalue weighted by Gasteiger charge is -2.47. The third kappa shape index (κ3) is 5.59. The number of aromatic nitrogens is 3. The van der Waals surface area contributed by atoms with E-state index in [1.54, 1.807) is 28.2 Å². The molecule has 1 aromatic carbocycles. The van der Waals surface area contributed by atoms with Crippen molar-refractivity contribution in [3.63, 3.8) is 0 Å². The molecular weight excluding hydrogens is 480 g/mol. The highest BCUT2D eigenvalue weighted by molar-refractivity contribution is 6.40. The third-order valence-electron chi connectivity index (χ3n) is 7.36. The fraction of sp³-hybridized carbons (Fsp3) is 0.517. The Labute approximate surface area is 224 Å². The molecule has 2 aromatic heterocycles. The molecular formula is C29H38N6O3. The minimum absolute atomic E-state index is 0.121. The van der Waals surface area contributed by atoms with Crippen molar-refractivity contribution in [1.29, 1.82) is 0 Å². The number of pyridine rings is 1. The number of hydrogen-bond donors (Lipinski definition) is 1. The lowest BCUT2D eigenvalue weighted by Crippen LogP contribution is -2.58. The molecule has 2 aliphatic heterocycles. The molecule has 0 aliphatic carbocycles. The molecule has 0 spiro atoms. The van der Waals surface area contributed by atoms with E-state index in [1.165, 1.54) is 0 Å². The Balaban J connectivity index is 1.40. The number of ether oxygens (including phenoxy) is 1. The van der Waals surface area contributed by atoms with Gasteiger partial charge in [0.05, 0.1) is 29.6 Å². The number of carbonyl (C=O) groups is 2. The quantitative estimate of drug-likeness (QED) is 0.515. The first-order valence-electron chi connectivity index (χ1n) is 13.5. The predicted octanol–water partition coefficient (Wildman–Crippen LogP) is 4.39. The SMILES string of the molecule is C[C@@H]1CN(C(=O)C(=O)Nc2cncc3cnn(C4CCCCO4)c23)[C@@H](c2ccccc2)CN1CC(C)(C)C. The standard InChI is InChI=1S/C29H38N6O3/c1-20-17-34(24(21-10-6-5-7-11-21)18-33(20)19-29(2,3)4)28(37)27(36)32-23-16-30-14-22-15-31-35(26(22)23)25-12-8-9-13-38-25/h5-7,10-11,14-16,20,24-25H,8-9,12-13,17-19H2,1-4H3,(H,32,36)/t20-,24-,25?/m1/s1. The Kier molecular flexibility index (Phi) is 7.49. The number of nitrogens with one attached hydrogen (secondary N) is 1. The Morgan fingerprint density at radius 1 is 1.08 bits per heavy atom. The van der Waals surface area contributed by atoms with Crippen LogP contribution in [0.15, 0.2) is 48.9 Å². The summed E-state index contributed by atoms with van der Waals surface area (Å²) < 4.78 is 7.74. The van der Waals surface area contributed by atoms with Gasteiger partial charge in [0.2, 0.25) is 0 Å². The second kappa shape index (κ2) is 10.8. The Morgan fingerprint density at radius 2 is 1.87 bits per heavy atom. The van der Waals surface area contributed by atoms with Gasteiger partial charge in [-0.25, -0.2) is 4.68 Å². The van der Waals surface area contributed by atoms with E-state index in [2.05, 4.69) is 48.0 Å². The van der Waals surface area contributed by atoms with Gasteiger partial charge in [-0.15, -0.1) is 0 Å². The summed E-state index contributed by atoms with van der Waals surface area (Å²) in [6.45, 7) is 11.5. The summed E-state index contributed by atoms with van der Waals surface area (Å²) in [7, 11) is 0. The normalized spacial score (nSPS) is 22.9. The van der Waals surface area contributed by atoms with Crippen LogP contribution in [0.1, 0.15) is 64.8 Å². The van der Waals surface area contributed by atoms with E-state index in [0.29, 0.717) is 25.4 Å². The predicted molar refractivity (Wildman–Crippen MR) is 146 cm³/mol. The average Bonchev–Trinajstić information content (AvgIpc) is 3.35. The molecule has 0 saturated carbocycles. The zero-order valence-corrected chi connectivity index (χ0v) is 22.8. The van der Waals surface area contributed by atoms with E-state index >= 15 is 0 Å². The second-order valence-corrected chi connectivity index (χ2v) is 11.7. The molecule has 5 rings (SSSR count). The van der Waals surface area contributed by atoms with Gasteiger partial charge in [0.1, 0.15) is 0 Å². The molecule has 3 aromatic rings. The van der Waals surface area contributed by atoms with Crippen molar-refractivity contribution in [2.45, 2.75) is 65.3 Å². The third-order valence-corrected chi connectivity index (χ3v) is 7.36. The zero-order chi connectivity index (χ0) is 26.9. The monoisotopic (exact) mass is 518 g/mol. The van der Waals surface area contributed by atoms with Crippen LogP contribution in [0.5, 0.6) is 0 Å². The van der Waals surface area contributed by atoms with Crippen LogP contribution < -0.4 is 5.32 Å². The summed E-state index contributed by atoms with van der Waals surface area (Å²) in [5, 5.41) is 8.17. The number of hydrogen-bond acceptors (Lipinski definition) is 6. The highest BCUT2D eigenvalue weighted by Crippen LogP contribution is 2.32. The molecule has 2 saturated heterocycles. The summed E-state index contributed by atoms with van der Waals surface area (Å²) in [4.78, 5) is 35.6. The first-order valence-corrected chi connectivity index (χ1v) is 13.5. The maximum absolute atomic E-state index is 13.7. The van der Waals surface area contributed by atoms with Crippen molar-refractivity contribution in [2.24, 2.45) is 5.41 Å². The van der Waals surface area contributed by atoms with Gasteiger partial charge in [-0.2, -0.15) is 5.10 Å². The van der Waals surface area contributed by atoms with Crippen molar-refractivity contribution < 1.29 is 14.3 Å². The number of nitrogens with zero attached hydrogens (tertiary/aromatic N) is 5. The fourth-order valence-corrected chi connectivity index (χ4v) is 5.58. The molecule has 2 amide bonds. The molecule has 1 N–H and O–H groups in total. The lowest BCUT2D eigenvalue weighted by molar-refractivity contribution is -0.148.